The molecule has 0 bridgehead atoms. The molecule has 1 aliphatic carbocycles. The number of hydrogen-bond donors (Lipinski definition) is 2. The third-order valence-corrected chi connectivity index (χ3v) is 7.13. The molecule has 0 fully saturated rings. The van der Waals surface area contributed by atoms with E-state index in [1.54, 1.807) is 13.1 Å². The van der Waals surface area contributed by atoms with Gasteiger partial charge in [0.2, 0.25) is 6.41 Å². The lowest BCUT2D eigenvalue weighted by Crippen LogP contribution is -2.28. The molecule has 3 aliphatic rings. The van der Waals surface area contributed by atoms with Crippen molar-refractivity contribution in [2.75, 3.05) is 13.6 Å². The Morgan fingerprint density at radius 1 is 1.18 bits per heavy atom. The standard InChI is InChI=1S/C24H21FN2O2.C2H5NO.C2H7N.2C2H6/c1-11-13(3)29-10-18-16(11)7-21-23-17(9-27(21)24(18)28)15-6-4-5-14-12(2)19(25)8-20(26-23)22(14)15;1-3-2-4;1-2-3;2*1-2/h7-8,11H,3-6,9-10H2,1-2H3;2H,1H3,(H,3,4);2-3H2,1H3;2*1-2H3. The summed E-state index contributed by atoms with van der Waals surface area (Å²) < 4.78 is 22.0. The van der Waals surface area contributed by atoms with Crippen LogP contribution in [0.15, 0.2) is 29.3 Å². The van der Waals surface area contributed by atoms with E-state index in [2.05, 4.69) is 18.0 Å². The number of nitrogens with one attached hydrogen (secondary N) is 1. The van der Waals surface area contributed by atoms with Crippen LogP contribution in [-0.4, -0.2) is 29.6 Å². The van der Waals surface area contributed by atoms with Gasteiger partial charge in [-0.05, 0) is 61.1 Å². The number of allylic oxidation sites excluding steroid dienone is 1. The highest BCUT2D eigenvalue weighted by atomic mass is 19.1. The molecule has 0 spiro atoms. The maximum atomic E-state index is 14.6. The summed E-state index contributed by atoms with van der Waals surface area (Å²) >= 11 is 0. The molecule has 0 radical (unpaired) electrons. The molecule has 3 aromatic rings. The first kappa shape index (κ1) is 32.7. The summed E-state index contributed by atoms with van der Waals surface area (Å²) in [5, 5.41) is 3.35. The first-order chi connectivity index (χ1) is 19.3. The van der Waals surface area contributed by atoms with Gasteiger partial charge in [0.15, 0.2) is 0 Å². The number of benzene rings is 1. The second-order valence-electron chi connectivity index (χ2n) is 9.27. The van der Waals surface area contributed by atoms with Crippen LogP contribution in [0.5, 0.6) is 0 Å². The van der Waals surface area contributed by atoms with Gasteiger partial charge in [-0.15, -0.1) is 0 Å². The first-order valence-corrected chi connectivity index (χ1v) is 14.3. The normalized spacial score (nSPS) is 15.1. The summed E-state index contributed by atoms with van der Waals surface area (Å²) in [5.74, 6) is 0.450. The molecule has 1 aromatic carbocycles. The zero-order valence-electron chi connectivity index (χ0n) is 25.3. The van der Waals surface area contributed by atoms with E-state index in [0.717, 1.165) is 64.8 Å². The van der Waals surface area contributed by atoms with Crippen LogP contribution in [0.2, 0.25) is 0 Å². The van der Waals surface area contributed by atoms with E-state index in [9.17, 15) is 9.18 Å². The van der Waals surface area contributed by atoms with Crippen LogP contribution in [-0.2, 0) is 35.5 Å². The summed E-state index contributed by atoms with van der Waals surface area (Å²) in [7, 11) is 1.56. The van der Waals surface area contributed by atoms with E-state index in [-0.39, 0.29) is 23.9 Å². The number of halogens is 1. The smallest absolute Gasteiger partial charge is 0.258 e. The Morgan fingerprint density at radius 2 is 1.77 bits per heavy atom. The fraction of sp³-hybridized carbons (Fsp3) is 0.469. The van der Waals surface area contributed by atoms with E-state index in [0.29, 0.717) is 29.8 Å². The van der Waals surface area contributed by atoms with Crippen LogP contribution < -0.4 is 16.6 Å². The van der Waals surface area contributed by atoms with Gasteiger partial charge in [-0.3, -0.25) is 9.59 Å². The van der Waals surface area contributed by atoms with Crippen molar-refractivity contribution in [1.82, 2.24) is 14.9 Å². The fourth-order valence-corrected chi connectivity index (χ4v) is 5.32. The molecule has 1 unspecified atom stereocenters. The Labute approximate surface area is 237 Å². The molecule has 2 aromatic heterocycles. The molecular weight excluding hydrogens is 507 g/mol. The van der Waals surface area contributed by atoms with Gasteiger partial charge in [-0.2, -0.15) is 0 Å². The van der Waals surface area contributed by atoms with Crippen LogP contribution in [0, 0.1) is 12.7 Å². The second kappa shape index (κ2) is 14.7. The summed E-state index contributed by atoms with van der Waals surface area (Å²) in [6.45, 7) is 19.3. The number of amides is 1. The lowest BCUT2D eigenvalue weighted by molar-refractivity contribution is -0.109. The molecule has 3 N–H and O–H groups in total. The number of aryl methyl sites for hydroxylation is 2. The number of aromatic nitrogens is 2. The number of nitrogens with zero attached hydrogens (tertiary/aromatic N) is 2. The molecular formula is C32H45FN4O3. The molecule has 7 nitrogen and oxygen atoms in total. The van der Waals surface area contributed by atoms with E-state index >= 15 is 0 Å². The number of hydrogen-bond acceptors (Lipinski definition) is 5. The monoisotopic (exact) mass is 552 g/mol. The lowest BCUT2D eigenvalue weighted by Gasteiger charge is -2.25. The van der Waals surface area contributed by atoms with Gasteiger partial charge in [0.1, 0.15) is 12.4 Å². The maximum Gasteiger partial charge on any atom is 0.258 e. The Hall–Kier alpha value is -3.52. The molecule has 0 saturated heterocycles. The van der Waals surface area contributed by atoms with Gasteiger partial charge >= 0.3 is 0 Å². The minimum atomic E-state index is -0.198. The molecule has 0 saturated carbocycles. The van der Waals surface area contributed by atoms with Gasteiger partial charge in [-0.1, -0.05) is 48.1 Å². The number of fused-ring (bicyclic) bond motifs is 5. The summed E-state index contributed by atoms with van der Waals surface area (Å²) in [6, 6.07) is 3.63. The molecule has 6 rings (SSSR count). The van der Waals surface area contributed by atoms with Crippen LogP contribution >= 0.6 is 0 Å². The molecule has 2 aliphatic heterocycles. The molecule has 1 amide bonds. The van der Waals surface area contributed by atoms with Crippen molar-refractivity contribution in [3.63, 3.8) is 0 Å². The van der Waals surface area contributed by atoms with Gasteiger partial charge in [0.25, 0.3) is 5.56 Å². The number of nitrogens with two attached hydrogens (primary N) is 1. The average Bonchev–Trinajstić information content (AvgIpc) is 3.35. The number of ether oxygens (including phenoxy) is 1. The number of pyridine rings is 2. The summed E-state index contributed by atoms with van der Waals surface area (Å²) in [6.07, 6.45) is 3.44. The molecule has 218 valence electrons. The second-order valence-corrected chi connectivity index (χ2v) is 9.27. The van der Waals surface area contributed by atoms with Crippen molar-refractivity contribution >= 4 is 17.3 Å². The molecule has 40 heavy (non-hydrogen) atoms. The predicted molar refractivity (Wildman–Crippen MR) is 162 cm³/mol. The van der Waals surface area contributed by atoms with Crippen LogP contribution in [0.25, 0.3) is 22.3 Å². The topological polar surface area (TPSA) is 99.2 Å². The van der Waals surface area contributed by atoms with Crippen molar-refractivity contribution in [1.29, 1.82) is 0 Å². The number of rotatable bonds is 1. The minimum Gasteiger partial charge on any atom is -0.493 e. The Kier molecular flexibility index (Phi) is 12.1. The van der Waals surface area contributed by atoms with Crippen LogP contribution in [0.3, 0.4) is 0 Å². The van der Waals surface area contributed by atoms with Crippen molar-refractivity contribution in [2.45, 2.75) is 86.8 Å². The zero-order chi connectivity index (χ0) is 30.1. The van der Waals surface area contributed by atoms with Crippen LogP contribution in [0.1, 0.15) is 87.3 Å². The van der Waals surface area contributed by atoms with Gasteiger partial charge in [0, 0.05) is 30.0 Å². The summed E-state index contributed by atoms with van der Waals surface area (Å²) in [5.41, 5.74) is 13.1. The molecule has 8 heteroatoms. The largest absolute Gasteiger partial charge is 0.493 e. The van der Waals surface area contributed by atoms with E-state index in [1.165, 1.54) is 5.56 Å². The third kappa shape index (κ3) is 5.97. The van der Waals surface area contributed by atoms with Gasteiger partial charge in [-0.25, -0.2) is 9.37 Å². The molecule has 1 atom stereocenters. The first-order valence-electron chi connectivity index (χ1n) is 14.3. The highest BCUT2D eigenvalue weighted by molar-refractivity contribution is 5.92. The van der Waals surface area contributed by atoms with Gasteiger partial charge in [0.05, 0.1) is 34.8 Å². The van der Waals surface area contributed by atoms with Crippen molar-refractivity contribution in [3.8, 4) is 11.4 Å². The average molecular weight is 553 g/mol. The van der Waals surface area contributed by atoms with Gasteiger partial charge < -0.3 is 20.4 Å². The lowest BCUT2D eigenvalue weighted by atomic mass is 9.84. The Morgan fingerprint density at radius 3 is 2.38 bits per heavy atom. The highest BCUT2D eigenvalue weighted by Gasteiger charge is 2.33. The fourth-order valence-electron chi connectivity index (χ4n) is 5.32. The maximum absolute atomic E-state index is 14.6. The number of carbonyl (C=O) groups excluding carboxylic acids is 1. The molecule has 4 heterocycles. The van der Waals surface area contributed by atoms with Crippen LogP contribution in [0.4, 0.5) is 4.39 Å². The van der Waals surface area contributed by atoms with E-state index in [4.69, 9.17) is 20.2 Å². The quantitative estimate of drug-likeness (QED) is 0.287. The highest BCUT2D eigenvalue weighted by Crippen LogP contribution is 2.42. The predicted octanol–water partition coefficient (Wildman–Crippen LogP) is 5.89. The SMILES string of the molecule is C=C1OCc2c(cc3n(c2=O)Cc2c-3nc3cc(F)c(C)c4c3c2CCC4)C1C.CC.CC.CCN.CNC=O. The third-order valence-electron chi connectivity index (χ3n) is 7.13. The number of carbonyl (C=O) groups is 1. The van der Waals surface area contributed by atoms with Crippen molar-refractivity contribution < 1.29 is 13.9 Å². The Bertz CT molecular complexity index is 1430. The Balaban J connectivity index is 0.000000448. The zero-order valence-corrected chi connectivity index (χ0v) is 25.3. The summed E-state index contributed by atoms with van der Waals surface area (Å²) in [4.78, 5) is 27.2. The minimum absolute atomic E-state index is 0.00972. The van der Waals surface area contributed by atoms with Crippen molar-refractivity contribution in [3.05, 3.63) is 74.0 Å². The van der Waals surface area contributed by atoms with E-state index in [1.807, 2.05) is 53.0 Å². The van der Waals surface area contributed by atoms with Crippen molar-refractivity contribution in [2.24, 2.45) is 5.73 Å². The van der Waals surface area contributed by atoms with E-state index < -0.39 is 0 Å².